The zero-order valence-electron chi connectivity index (χ0n) is 8.55. The van der Waals surface area contributed by atoms with Crippen LogP contribution in [0, 0.1) is 0 Å². The minimum atomic E-state index is -1.61. The molecule has 1 aromatic rings. The van der Waals surface area contributed by atoms with Gasteiger partial charge in [-0.15, -0.1) is 0 Å². The number of carbonyl (C=O) groups is 1. The first-order valence-electron chi connectivity index (χ1n) is 4.39. The van der Waals surface area contributed by atoms with Gasteiger partial charge in [-0.3, -0.25) is 4.84 Å². The first kappa shape index (κ1) is 16.1. The Kier molecular flexibility index (Phi) is 6.27. The van der Waals surface area contributed by atoms with E-state index < -0.39 is 9.76 Å². The molecule has 0 radical (unpaired) electrons. The summed E-state index contributed by atoms with van der Waals surface area (Å²) in [5.41, 5.74) is 2.00. The highest BCUT2D eigenvalue weighted by molar-refractivity contribution is 6.67. The first-order valence-corrected chi connectivity index (χ1v) is 6.28. The van der Waals surface area contributed by atoms with Crippen molar-refractivity contribution in [2.24, 2.45) is 0 Å². The van der Waals surface area contributed by atoms with Crippen LogP contribution in [-0.2, 0) is 9.68 Å². The molecule has 0 bridgehead atoms. The maximum Gasteiger partial charge on any atom is 0.360 e. The van der Waals surface area contributed by atoms with Crippen LogP contribution >= 0.6 is 58.0 Å². The van der Waals surface area contributed by atoms with Gasteiger partial charge in [0.1, 0.15) is 6.61 Å². The fourth-order valence-electron chi connectivity index (χ4n) is 0.889. The lowest BCUT2D eigenvalue weighted by Crippen LogP contribution is -2.25. The van der Waals surface area contributed by atoms with Gasteiger partial charge in [0.05, 0.1) is 10.6 Å². The van der Waals surface area contributed by atoms with Crippen LogP contribution in [0.1, 0.15) is 10.4 Å². The largest absolute Gasteiger partial charge is 0.360 e. The zero-order valence-corrected chi connectivity index (χ0v) is 12.3. The number of alkyl halides is 3. The van der Waals surface area contributed by atoms with Crippen molar-refractivity contribution < 1.29 is 14.5 Å². The van der Waals surface area contributed by atoms with Gasteiger partial charge in [-0.2, -0.15) is 0 Å². The third-order valence-corrected chi connectivity index (χ3v) is 2.46. The Morgan fingerprint density at radius 3 is 2.50 bits per heavy atom. The molecule has 1 N–H and O–H groups in total. The van der Waals surface area contributed by atoms with Crippen LogP contribution in [0.25, 0.3) is 0 Å². The molecule has 9 heteroatoms. The van der Waals surface area contributed by atoms with Gasteiger partial charge in [-0.25, -0.2) is 4.79 Å². The number of nitrogens with one attached hydrogen (secondary N) is 1. The number of rotatable bonds is 4. The first-order chi connectivity index (χ1) is 8.29. The summed E-state index contributed by atoms with van der Waals surface area (Å²) >= 11 is 27.7. The molecule has 0 unspecified atom stereocenters. The van der Waals surface area contributed by atoms with E-state index in [1.807, 2.05) is 5.64 Å². The minimum absolute atomic E-state index is 0.117. The molecule has 0 saturated carbocycles. The molecule has 0 aromatic heterocycles. The molecule has 0 atom stereocenters. The van der Waals surface area contributed by atoms with Gasteiger partial charge in [0.15, 0.2) is 0 Å². The number of hydrogen-bond donors (Lipinski definition) is 1. The van der Waals surface area contributed by atoms with Gasteiger partial charge in [-0.05, 0) is 23.8 Å². The number of benzene rings is 1. The smallest absolute Gasteiger partial charge is 0.340 e. The van der Waals surface area contributed by atoms with Gasteiger partial charge in [0.2, 0.25) is 3.79 Å². The van der Waals surface area contributed by atoms with Crippen molar-refractivity contribution in [1.82, 2.24) is 5.64 Å². The summed E-state index contributed by atoms with van der Waals surface area (Å²) in [5, 5.41) is 0.549. The highest BCUT2D eigenvalue weighted by Gasteiger charge is 2.20. The Labute approximate surface area is 128 Å². The van der Waals surface area contributed by atoms with Crippen LogP contribution in [0.15, 0.2) is 18.2 Å². The molecule has 0 saturated heterocycles. The molecule has 1 rings (SSSR count). The average Bonchev–Trinajstić information content (AvgIpc) is 2.22. The highest BCUT2D eigenvalue weighted by atomic mass is 35.6. The number of hydrogen-bond acceptors (Lipinski definition) is 4. The lowest BCUT2D eigenvalue weighted by atomic mass is 10.2. The lowest BCUT2D eigenvalue weighted by molar-refractivity contribution is -0.133. The fourth-order valence-corrected chi connectivity index (χ4v) is 1.54. The second-order valence-electron chi connectivity index (χ2n) is 3.00. The van der Waals surface area contributed by atoms with Gasteiger partial charge in [0, 0.05) is 5.02 Å². The van der Waals surface area contributed by atoms with Crippen LogP contribution in [0.2, 0.25) is 10.0 Å². The van der Waals surface area contributed by atoms with Gasteiger partial charge >= 0.3 is 5.97 Å². The second kappa shape index (κ2) is 7.01. The van der Waals surface area contributed by atoms with Crippen molar-refractivity contribution in [3.63, 3.8) is 0 Å². The fraction of sp³-hybridized carbons (Fsp3) is 0.222. The normalized spacial score (nSPS) is 11.4. The summed E-state index contributed by atoms with van der Waals surface area (Å²) < 4.78 is -1.61. The molecule has 18 heavy (non-hydrogen) atoms. The van der Waals surface area contributed by atoms with E-state index in [0.29, 0.717) is 5.02 Å². The molecule has 0 amide bonds. The molecule has 0 fully saturated rings. The maximum atomic E-state index is 11.5. The molecule has 0 aliphatic rings. The van der Waals surface area contributed by atoms with Crippen LogP contribution in [0.4, 0.5) is 0 Å². The monoisotopic (exact) mass is 351 g/mol. The summed E-state index contributed by atoms with van der Waals surface area (Å²) in [5.74, 6) is -0.763. The van der Waals surface area contributed by atoms with E-state index in [-0.39, 0.29) is 17.2 Å². The van der Waals surface area contributed by atoms with Gasteiger partial charge in [0.25, 0.3) is 0 Å². The van der Waals surface area contributed by atoms with E-state index in [1.54, 1.807) is 0 Å². The van der Waals surface area contributed by atoms with Crippen LogP contribution < -0.4 is 5.64 Å². The van der Waals surface area contributed by atoms with E-state index in [0.717, 1.165) is 0 Å². The van der Waals surface area contributed by atoms with E-state index in [9.17, 15) is 4.79 Å². The van der Waals surface area contributed by atoms with Crippen molar-refractivity contribution >= 4 is 64.0 Å². The second-order valence-corrected chi connectivity index (χ2v) is 6.36. The van der Waals surface area contributed by atoms with Crippen LogP contribution in [0.3, 0.4) is 0 Å². The standard InChI is InChI=1S/C9H6Cl5NO3/c10-5-1-2-6(7(11)3-5)8(16)18-15-17-4-9(12,13)14/h1-3,15H,4H2. The van der Waals surface area contributed by atoms with Gasteiger partial charge < -0.3 is 4.84 Å². The SMILES string of the molecule is O=C(ONOCC(Cl)(Cl)Cl)c1ccc(Cl)cc1Cl. The molecule has 4 nitrogen and oxygen atoms in total. The quantitative estimate of drug-likeness (QED) is 0.506. The van der Waals surface area contributed by atoms with Crippen molar-refractivity contribution in [2.75, 3.05) is 6.61 Å². The lowest BCUT2D eigenvalue weighted by Gasteiger charge is -2.11. The molecule has 0 aliphatic carbocycles. The van der Waals surface area contributed by atoms with Gasteiger partial charge in [-0.1, -0.05) is 58.0 Å². The summed E-state index contributed by atoms with van der Waals surface area (Å²) in [6, 6.07) is 4.30. The molecule has 1 aromatic carbocycles. The Bertz CT molecular complexity index is 435. The molecule has 0 heterocycles. The molecule has 0 spiro atoms. The average molecular weight is 353 g/mol. The van der Waals surface area contributed by atoms with Crippen molar-refractivity contribution in [1.29, 1.82) is 0 Å². The molecule has 100 valence electrons. The molecular formula is C9H6Cl5NO3. The Morgan fingerprint density at radius 1 is 1.28 bits per heavy atom. The number of carbonyl (C=O) groups excluding carboxylic acids is 1. The minimum Gasteiger partial charge on any atom is -0.340 e. The van der Waals surface area contributed by atoms with Crippen molar-refractivity contribution in [2.45, 2.75) is 3.79 Å². The zero-order chi connectivity index (χ0) is 13.8. The van der Waals surface area contributed by atoms with E-state index >= 15 is 0 Å². The third-order valence-electron chi connectivity index (χ3n) is 1.58. The van der Waals surface area contributed by atoms with Crippen LogP contribution in [-0.4, -0.2) is 16.4 Å². The van der Waals surface area contributed by atoms with Crippen LogP contribution in [0.5, 0.6) is 0 Å². The molecular weight excluding hydrogens is 347 g/mol. The highest BCUT2D eigenvalue weighted by Crippen LogP contribution is 2.25. The predicted molar refractivity (Wildman–Crippen MR) is 71.3 cm³/mol. The van der Waals surface area contributed by atoms with Crippen molar-refractivity contribution in [3.05, 3.63) is 33.8 Å². The summed E-state index contributed by atoms with van der Waals surface area (Å²) in [4.78, 5) is 20.6. The Hall–Kier alpha value is 0.0600. The topological polar surface area (TPSA) is 47.6 Å². The van der Waals surface area contributed by atoms with Crippen molar-refractivity contribution in [3.8, 4) is 0 Å². The van der Waals surface area contributed by atoms with E-state index in [2.05, 4.69) is 9.68 Å². The summed E-state index contributed by atoms with van der Waals surface area (Å²) in [6.07, 6.45) is 0. The Morgan fingerprint density at radius 2 is 1.94 bits per heavy atom. The Balaban J connectivity index is 2.46. The summed E-state index contributed by atoms with van der Waals surface area (Å²) in [6.45, 7) is -0.306. The maximum absolute atomic E-state index is 11.5. The third kappa shape index (κ3) is 5.80. The van der Waals surface area contributed by atoms with E-state index in [4.69, 9.17) is 58.0 Å². The summed E-state index contributed by atoms with van der Waals surface area (Å²) in [7, 11) is 0. The molecule has 0 aliphatic heterocycles. The predicted octanol–water partition coefficient (Wildman–Crippen LogP) is 3.96. The van der Waals surface area contributed by atoms with E-state index in [1.165, 1.54) is 18.2 Å². The number of halogens is 5.